The van der Waals surface area contributed by atoms with E-state index in [1.54, 1.807) is 12.4 Å². The number of halogens is 1. The van der Waals surface area contributed by atoms with Gasteiger partial charge in [0, 0.05) is 43.6 Å². The first-order chi connectivity index (χ1) is 11.7. The van der Waals surface area contributed by atoms with Gasteiger partial charge in [-0.25, -0.2) is 0 Å². The Kier molecular flexibility index (Phi) is 7.22. The largest absolute Gasteiger partial charge is 0.489 e. The summed E-state index contributed by atoms with van der Waals surface area (Å²) in [5.41, 5.74) is 2.00. The van der Waals surface area contributed by atoms with Gasteiger partial charge in [-0.2, -0.15) is 0 Å². The highest BCUT2D eigenvalue weighted by atomic mass is 35.5. The quantitative estimate of drug-likeness (QED) is 0.888. The van der Waals surface area contributed by atoms with Gasteiger partial charge in [0.2, 0.25) is 5.91 Å². The fourth-order valence-corrected chi connectivity index (χ4v) is 2.84. The highest BCUT2D eigenvalue weighted by molar-refractivity contribution is 5.85. The molecule has 1 aliphatic heterocycles. The van der Waals surface area contributed by atoms with E-state index in [0.29, 0.717) is 19.1 Å². The van der Waals surface area contributed by atoms with E-state index in [2.05, 4.69) is 17.2 Å². The molecule has 0 spiro atoms. The van der Waals surface area contributed by atoms with Gasteiger partial charge < -0.3 is 15.0 Å². The van der Waals surface area contributed by atoms with Gasteiger partial charge >= 0.3 is 0 Å². The minimum atomic E-state index is 0. The van der Waals surface area contributed by atoms with Gasteiger partial charge in [0.1, 0.15) is 12.4 Å². The summed E-state index contributed by atoms with van der Waals surface area (Å²) in [4.78, 5) is 18.5. The maximum atomic E-state index is 12.5. The SMILES string of the molecule is C[C@@H]1CN(C(=O)Cc2cccc(OCc3cccnc3)c2)CCN1.Cl. The highest BCUT2D eigenvalue weighted by Gasteiger charge is 2.20. The van der Waals surface area contributed by atoms with Crippen LogP contribution in [0.5, 0.6) is 5.75 Å². The first kappa shape index (κ1) is 19.2. The Bertz CT molecular complexity index is 681. The number of ether oxygens (including phenoxy) is 1. The molecule has 0 radical (unpaired) electrons. The van der Waals surface area contributed by atoms with Crippen molar-refractivity contribution in [2.75, 3.05) is 19.6 Å². The van der Waals surface area contributed by atoms with Crippen LogP contribution < -0.4 is 10.1 Å². The third-order valence-electron chi connectivity index (χ3n) is 4.10. The van der Waals surface area contributed by atoms with Crippen LogP contribution in [0.3, 0.4) is 0 Å². The van der Waals surface area contributed by atoms with E-state index in [-0.39, 0.29) is 18.3 Å². The summed E-state index contributed by atoms with van der Waals surface area (Å²) in [6.45, 7) is 4.99. The maximum absolute atomic E-state index is 12.5. The predicted molar refractivity (Wildman–Crippen MR) is 100 cm³/mol. The molecule has 1 aromatic carbocycles. The van der Waals surface area contributed by atoms with Crippen LogP contribution in [-0.2, 0) is 17.8 Å². The van der Waals surface area contributed by atoms with Crippen LogP contribution in [0.15, 0.2) is 48.8 Å². The van der Waals surface area contributed by atoms with E-state index in [9.17, 15) is 4.79 Å². The first-order valence-corrected chi connectivity index (χ1v) is 8.32. The molecule has 1 atom stereocenters. The van der Waals surface area contributed by atoms with E-state index >= 15 is 0 Å². The summed E-state index contributed by atoms with van der Waals surface area (Å²) < 4.78 is 5.80. The Balaban J connectivity index is 0.00000225. The van der Waals surface area contributed by atoms with Crippen molar-refractivity contribution in [2.45, 2.75) is 26.0 Å². The molecule has 3 rings (SSSR count). The monoisotopic (exact) mass is 361 g/mol. The smallest absolute Gasteiger partial charge is 0.227 e. The van der Waals surface area contributed by atoms with Crippen LogP contribution >= 0.6 is 12.4 Å². The molecule has 1 amide bonds. The molecule has 2 aromatic rings. The lowest BCUT2D eigenvalue weighted by molar-refractivity contribution is -0.131. The molecule has 1 saturated heterocycles. The number of carbonyl (C=O) groups is 1. The van der Waals surface area contributed by atoms with Crippen molar-refractivity contribution in [1.82, 2.24) is 15.2 Å². The molecule has 6 heteroatoms. The van der Waals surface area contributed by atoms with Gasteiger partial charge in [-0.1, -0.05) is 18.2 Å². The number of nitrogens with one attached hydrogen (secondary N) is 1. The fraction of sp³-hybridized carbons (Fsp3) is 0.368. The lowest BCUT2D eigenvalue weighted by Gasteiger charge is -2.32. The van der Waals surface area contributed by atoms with E-state index < -0.39 is 0 Å². The minimum Gasteiger partial charge on any atom is -0.489 e. The number of benzene rings is 1. The molecule has 0 unspecified atom stereocenters. The Morgan fingerprint density at radius 1 is 1.32 bits per heavy atom. The maximum Gasteiger partial charge on any atom is 0.227 e. The summed E-state index contributed by atoms with van der Waals surface area (Å²) in [5, 5.41) is 3.35. The second kappa shape index (κ2) is 9.39. The zero-order chi connectivity index (χ0) is 16.8. The number of nitrogens with zero attached hydrogens (tertiary/aromatic N) is 2. The zero-order valence-corrected chi connectivity index (χ0v) is 15.2. The summed E-state index contributed by atoms with van der Waals surface area (Å²) in [6, 6.07) is 12.0. The zero-order valence-electron chi connectivity index (χ0n) is 14.4. The number of hydrogen-bond donors (Lipinski definition) is 1. The molecule has 25 heavy (non-hydrogen) atoms. The summed E-state index contributed by atoms with van der Waals surface area (Å²) in [5.74, 6) is 0.950. The van der Waals surface area contributed by atoms with Gasteiger partial charge in [0.05, 0.1) is 6.42 Å². The van der Waals surface area contributed by atoms with E-state index in [1.807, 2.05) is 41.3 Å². The second-order valence-electron chi connectivity index (χ2n) is 6.17. The third kappa shape index (κ3) is 5.73. The van der Waals surface area contributed by atoms with Crippen LogP contribution in [0.25, 0.3) is 0 Å². The number of carbonyl (C=O) groups excluding carboxylic acids is 1. The topological polar surface area (TPSA) is 54.5 Å². The lowest BCUT2D eigenvalue weighted by atomic mass is 10.1. The van der Waals surface area contributed by atoms with E-state index in [4.69, 9.17) is 4.74 Å². The highest BCUT2D eigenvalue weighted by Crippen LogP contribution is 2.16. The van der Waals surface area contributed by atoms with Crippen molar-refractivity contribution in [3.63, 3.8) is 0 Å². The van der Waals surface area contributed by atoms with Crippen molar-refractivity contribution in [2.24, 2.45) is 0 Å². The van der Waals surface area contributed by atoms with Crippen molar-refractivity contribution >= 4 is 18.3 Å². The van der Waals surface area contributed by atoms with Crippen molar-refractivity contribution in [3.05, 3.63) is 59.9 Å². The molecular weight excluding hydrogens is 338 g/mol. The minimum absolute atomic E-state index is 0. The molecule has 1 N–H and O–H groups in total. The Morgan fingerprint density at radius 3 is 2.92 bits per heavy atom. The Morgan fingerprint density at radius 2 is 2.16 bits per heavy atom. The number of piperazine rings is 1. The number of pyridine rings is 1. The molecule has 0 bridgehead atoms. The summed E-state index contributed by atoms with van der Waals surface area (Å²) in [6.07, 6.45) is 3.95. The normalized spacial score (nSPS) is 16.8. The van der Waals surface area contributed by atoms with E-state index in [0.717, 1.165) is 36.5 Å². The van der Waals surface area contributed by atoms with Gasteiger partial charge in [-0.3, -0.25) is 9.78 Å². The van der Waals surface area contributed by atoms with Crippen LogP contribution in [0.4, 0.5) is 0 Å². The van der Waals surface area contributed by atoms with E-state index in [1.165, 1.54) is 0 Å². The average molecular weight is 362 g/mol. The molecule has 1 aromatic heterocycles. The molecule has 134 valence electrons. The van der Waals surface area contributed by atoms with Gasteiger partial charge in [-0.05, 0) is 30.7 Å². The molecule has 0 saturated carbocycles. The summed E-state index contributed by atoms with van der Waals surface area (Å²) in [7, 11) is 0. The molecule has 5 nitrogen and oxygen atoms in total. The molecule has 2 heterocycles. The van der Waals surface area contributed by atoms with Crippen molar-refractivity contribution < 1.29 is 9.53 Å². The van der Waals surface area contributed by atoms with Gasteiger partial charge in [0.25, 0.3) is 0 Å². The fourth-order valence-electron chi connectivity index (χ4n) is 2.84. The van der Waals surface area contributed by atoms with Crippen molar-refractivity contribution in [3.8, 4) is 5.75 Å². The Labute approximate surface area is 154 Å². The number of hydrogen-bond acceptors (Lipinski definition) is 4. The van der Waals surface area contributed by atoms with Crippen LogP contribution in [0.2, 0.25) is 0 Å². The summed E-state index contributed by atoms with van der Waals surface area (Å²) >= 11 is 0. The van der Waals surface area contributed by atoms with Gasteiger partial charge in [-0.15, -0.1) is 12.4 Å². The third-order valence-corrected chi connectivity index (χ3v) is 4.10. The molecule has 1 fully saturated rings. The first-order valence-electron chi connectivity index (χ1n) is 8.32. The number of amides is 1. The van der Waals surface area contributed by atoms with Crippen LogP contribution in [-0.4, -0.2) is 41.5 Å². The number of aromatic nitrogens is 1. The molecule has 1 aliphatic rings. The standard InChI is InChI=1S/C19H23N3O2.ClH/c1-15-13-22(9-8-21-15)19(23)11-16-4-2-6-18(10-16)24-14-17-5-3-7-20-12-17;/h2-7,10,12,15,21H,8-9,11,13-14H2,1H3;1H/t15-;/m1./s1. The lowest BCUT2D eigenvalue weighted by Crippen LogP contribution is -2.51. The van der Waals surface area contributed by atoms with Crippen LogP contribution in [0.1, 0.15) is 18.1 Å². The Hall–Kier alpha value is -2.11. The number of rotatable bonds is 5. The predicted octanol–water partition coefficient (Wildman–Crippen LogP) is 2.45. The average Bonchev–Trinajstić information content (AvgIpc) is 2.61. The van der Waals surface area contributed by atoms with Crippen molar-refractivity contribution in [1.29, 1.82) is 0 Å². The molecular formula is C19H24ClN3O2. The van der Waals surface area contributed by atoms with Crippen LogP contribution in [0, 0.1) is 0 Å². The molecule has 0 aliphatic carbocycles. The second-order valence-corrected chi connectivity index (χ2v) is 6.17. The van der Waals surface area contributed by atoms with Gasteiger partial charge in [0.15, 0.2) is 0 Å².